The summed E-state index contributed by atoms with van der Waals surface area (Å²) in [5.41, 5.74) is 0.507. The van der Waals surface area contributed by atoms with Crippen LogP contribution in [0, 0.1) is 34.7 Å². The van der Waals surface area contributed by atoms with Gasteiger partial charge < -0.3 is 9.47 Å². The van der Waals surface area contributed by atoms with Gasteiger partial charge in [0.2, 0.25) is 0 Å². The smallest absolute Gasteiger partial charge is 0.298 e. The Hall–Kier alpha value is -4.54. The Morgan fingerprint density at radius 3 is 1.91 bits per heavy atom. The average molecular weight is 469 g/mol. The third kappa shape index (κ3) is 4.35. The molecule has 0 unspecified atom stereocenters. The molecule has 34 heavy (non-hydrogen) atoms. The summed E-state index contributed by atoms with van der Waals surface area (Å²) in [6.07, 6.45) is 0. The van der Waals surface area contributed by atoms with Crippen LogP contribution in [0.3, 0.4) is 0 Å². The molecule has 0 bridgehead atoms. The zero-order valence-corrected chi connectivity index (χ0v) is 18.9. The van der Waals surface area contributed by atoms with Gasteiger partial charge >= 0.3 is 0 Å². The Bertz CT molecular complexity index is 1240. The molecule has 0 saturated carbocycles. The van der Waals surface area contributed by atoms with Crippen LogP contribution in [0.1, 0.15) is 21.5 Å². The number of nitrogens with zero attached hydrogens (tertiary/aromatic N) is 3. The van der Waals surface area contributed by atoms with Gasteiger partial charge in [0.1, 0.15) is 17.3 Å². The molecule has 0 aromatic heterocycles. The maximum atomic E-state index is 14.6. The number of hydrogen-bond donors (Lipinski definition) is 1. The molecule has 0 aliphatic rings. The summed E-state index contributed by atoms with van der Waals surface area (Å²) in [5, 5.41) is 11.4. The molecule has 10 nitrogen and oxygen atoms in total. The van der Waals surface area contributed by atoms with Gasteiger partial charge in [0, 0.05) is 11.1 Å². The highest BCUT2D eigenvalue weighted by molar-refractivity contribution is 6.13. The van der Waals surface area contributed by atoms with E-state index in [2.05, 4.69) is 0 Å². The molecule has 0 fully saturated rings. The topological polar surface area (TPSA) is 128 Å². The zero-order chi connectivity index (χ0) is 25.2. The second kappa shape index (κ2) is 9.53. The fraction of sp³-hybridized carbons (Fsp3) is 0.174. The van der Waals surface area contributed by atoms with E-state index < -0.39 is 16.6 Å². The summed E-state index contributed by atoms with van der Waals surface area (Å²) in [5.74, 6) is 3.88. The summed E-state index contributed by atoms with van der Waals surface area (Å²) in [6.45, 7) is 3.10. The Labute approximate surface area is 194 Å². The van der Waals surface area contributed by atoms with Gasteiger partial charge in [0.05, 0.1) is 53.1 Å². The number of hydrogen-bond acceptors (Lipinski definition) is 6. The monoisotopic (exact) mass is 469 g/mol. The maximum Gasteiger partial charge on any atom is 0.298 e. The molecule has 1 amide bonds. The number of halogens is 1. The summed E-state index contributed by atoms with van der Waals surface area (Å²) >= 11 is 0. The molecule has 176 valence electrons. The van der Waals surface area contributed by atoms with Gasteiger partial charge in [-0.3, -0.25) is 19.8 Å². The van der Waals surface area contributed by atoms with Crippen molar-refractivity contribution in [3.8, 4) is 11.5 Å². The van der Waals surface area contributed by atoms with E-state index >= 15 is 0 Å². The third-order valence-corrected chi connectivity index (χ3v) is 5.22. The standard InChI is InChI=1S/C23H22FN4O6/c1-13-9-19(21(33-3)11-17(13)27(25)30)26(23(29)15-7-5-6-8-16(15)24)20-10-14(2)18(28(31)32)12-22(20)34-4/h5-12H,1-4H3,(H2,25,30)/q+1. The minimum Gasteiger partial charge on any atom is -0.494 e. The number of carbonyl (C=O) groups excluding carboxylic acids is 1. The Morgan fingerprint density at radius 2 is 1.44 bits per heavy atom. The number of anilines is 2. The van der Waals surface area contributed by atoms with E-state index in [1.165, 1.54) is 63.6 Å². The molecule has 0 saturated heterocycles. The molecule has 0 heterocycles. The highest BCUT2D eigenvalue weighted by Gasteiger charge is 2.31. The van der Waals surface area contributed by atoms with Crippen LogP contribution in [0.2, 0.25) is 0 Å². The first-order valence-corrected chi connectivity index (χ1v) is 9.93. The third-order valence-electron chi connectivity index (χ3n) is 5.22. The first kappa shape index (κ1) is 24.1. The number of aryl methyl sites for hydroxylation is 2. The average Bonchev–Trinajstić information content (AvgIpc) is 2.79. The lowest BCUT2D eigenvalue weighted by Crippen LogP contribution is -2.28. The van der Waals surface area contributed by atoms with Gasteiger partial charge in [0.25, 0.3) is 17.3 Å². The Kier molecular flexibility index (Phi) is 6.76. The first-order valence-electron chi connectivity index (χ1n) is 9.93. The van der Waals surface area contributed by atoms with E-state index in [1.54, 1.807) is 6.92 Å². The van der Waals surface area contributed by atoms with Gasteiger partial charge in [0.15, 0.2) is 4.87 Å². The van der Waals surface area contributed by atoms with Crippen LogP contribution in [0.25, 0.3) is 0 Å². The number of hydrazine groups is 1. The molecule has 3 aromatic rings. The van der Waals surface area contributed by atoms with Gasteiger partial charge in [-0.05, 0) is 38.1 Å². The molecule has 0 aliphatic carbocycles. The van der Waals surface area contributed by atoms with E-state index in [1.807, 2.05) is 0 Å². The van der Waals surface area contributed by atoms with Crippen molar-refractivity contribution in [2.45, 2.75) is 13.8 Å². The van der Waals surface area contributed by atoms with Crippen molar-refractivity contribution in [1.29, 1.82) is 0 Å². The molecular formula is C23H22FN4O6+. The van der Waals surface area contributed by atoms with E-state index in [-0.39, 0.29) is 50.2 Å². The molecule has 11 heteroatoms. The normalized spacial score (nSPS) is 10.5. The van der Waals surface area contributed by atoms with Gasteiger partial charge in [-0.25, -0.2) is 4.39 Å². The molecule has 0 aliphatic heterocycles. The van der Waals surface area contributed by atoms with Crippen LogP contribution in [-0.2, 0) is 0 Å². The number of amides is 1. The second-order valence-electron chi connectivity index (χ2n) is 7.32. The lowest BCUT2D eigenvalue weighted by molar-refractivity contribution is -0.475. The van der Waals surface area contributed by atoms with Gasteiger partial charge in [-0.1, -0.05) is 12.1 Å². The quantitative estimate of drug-likeness (QED) is 0.231. The minimum atomic E-state index is -0.790. The number of nitrogens with two attached hydrogens (primary N) is 1. The number of nitro groups is 1. The fourth-order valence-corrected chi connectivity index (χ4v) is 3.54. The number of methoxy groups -OCH3 is 2. The van der Waals surface area contributed by atoms with Crippen LogP contribution < -0.4 is 20.2 Å². The van der Waals surface area contributed by atoms with Gasteiger partial charge in [-0.15, -0.1) is 0 Å². The van der Waals surface area contributed by atoms with Gasteiger partial charge in [-0.2, -0.15) is 5.84 Å². The van der Waals surface area contributed by atoms with Crippen molar-refractivity contribution in [2.75, 3.05) is 19.1 Å². The van der Waals surface area contributed by atoms with E-state index in [9.17, 15) is 24.2 Å². The van der Waals surface area contributed by atoms with E-state index in [0.717, 1.165) is 11.0 Å². The number of rotatable bonds is 7. The number of carbonyl (C=O) groups is 1. The van der Waals surface area contributed by atoms with Crippen LogP contribution >= 0.6 is 0 Å². The molecule has 0 radical (unpaired) electrons. The number of ether oxygens (including phenoxy) is 2. The minimum absolute atomic E-state index is 0.00459. The van der Waals surface area contributed by atoms with Crippen LogP contribution in [0.4, 0.5) is 27.1 Å². The Balaban J connectivity index is 2.39. The van der Waals surface area contributed by atoms with E-state index in [0.29, 0.717) is 5.56 Å². The molecule has 2 N–H and O–H groups in total. The van der Waals surface area contributed by atoms with Crippen molar-refractivity contribution >= 4 is 28.7 Å². The SMILES string of the molecule is COc1cc([N+](N)=O)c(C)cc1N(C(=O)c1ccccc1F)c1cc(C)c([N+](=O)[O-])cc1OC. The maximum absolute atomic E-state index is 14.6. The van der Waals surface area contributed by atoms with Crippen molar-refractivity contribution in [3.05, 3.63) is 86.1 Å². The molecule has 0 spiro atoms. The highest BCUT2D eigenvalue weighted by atomic mass is 19.1. The first-order chi connectivity index (χ1) is 16.1. The second-order valence-corrected chi connectivity index (χ2v) is 7.32. The lowest BCUT2D eigenvalue weighted by Gasteiger charge is -2.27. The molecule has 0 atom stereocenters. The predicted octanol–water partition coefficient (Wildman–Crippen LogP) is 4.63. The van der Waals surface area contributed by atoms with E-state index in [4.69, 9.17) is 15.3 Å². The summed E-state index contributed by atoms with van der Waals surface area (Å²) in [4.78, 5) is 37.6. The van der Waals surface area contributed by atoms with Crippen molar-refractivity contribution in [3.63, 3.8) is 0 Å². The molecular weight excluding hydrogens is 447 g/mol. The predicted molar refractivity (Wildman–Crippen MR) is 122 cm³/mol. The number of benzene rings is 3. The summed E-state index contributed by atoms with van der Waals surface area (Å²) in [6, 6.07) is 10.8. The fourth-order valence-electron chi connectivity index (χ4n) is 3.54. The van der Waals surface area contributed by atoms with Crippen LogP contribution in [-0.4, -0.2) is 29.9 Å². The number of nitro benzene ring substituents is 1. The van der Waals surface area contributed by atoms with Crippen molar-refractivity contribution in [1.82, 2.24) is 0 Å². The Morgan fingerprint density at radius 1 is 0.941 bits per heavy atom. The van der Waals surface area contributed by atoms with Crippen molar-refractivity contribution in [2.24, 2.45) is 5.84 Å². The molecule has 3 rings (SSSR count). The largest absolute Gasteiger partial charge is 0.494 e. The van der Waals surface area contributed by atoms with Crippen LogP contribution in [0.5, 0.6) is 11.5 Å². The molecule has 3 aromatic carbocycles. The summed E-state index contributed by atoms with van der Waals surface area (Å²) < 4.78 is 25.4. The zero-order valence-electron chi connectivity index (χ0n) is 18.9. The summed E-state index contributed by atoms with van der Waals surface area (Å²) in [7, 11) is 2.62. The number of nitroso groups, excluding NO2 is 1. The highest BCUT2D eigenvalue weighted by Crippen LogP contribution is 2.44. The lowest BCUT2D eigenvalue weighted by atomic mass is 10.1. The van der Waals surface area contributed by atoms with Crippen LogP contribution in [0.15, 0.2) is 48.5 Å². The van der Waals surface area contributed by atoms with Crippen molar-refractivity contribution < 1.29 is 28.5 Å².